The minimum absolute atomic E-state index is 0.870. The monoisotopic (exact) mass is 386 g/mol. The highest BCUT2D eigenvalue weighted by molar-refractivity contribution is 14.1. The van der Waals surface area contributed by atoms with Gasteiger partial charge in [0.1, 0.15) is 0 Å². The zero-order valence-corrected chi connectivity index (χ0v) is 13.4. The predicted octanol–water partition coefficient (Wildman–Crippen LogP) is 2.66. The summed E-state index contributed by atoms with van der Waals surface area (Å²) in [5.74, 6) is 0. The Morgan fingerprint density at radius 2 is 1.89 bits per heavy atom. The molecule has 4 nitrogen and oxygen atoms in total. The van der Waals surface area contributed by atoms with Crippen molar-refractivity contribution in [2.75, 3.05) is 41.7 Å². The molecule has 1 aromatic carbocycles. The van der Waals surface area contributed by atoms with E-state index in [0.717, 1.165) is 42.7 Å². The van der Waals surface area contributed by atoms with Crippen LogP contribution in [0.2, 0.25) is 0 Å². The van der Waals surface area contributed by atoms with Gasteiger partial charge in [0.15, 0.2) is 5.13 Å². The van der Waals surface area contributed by atoms with Crippen molar-refractivity contribution in [2.24, 2.45) is 0 Å². The molecule has 1 aliphatic heterocycles. The number of nitrogen functional groups attached to an aromatic ring is 1. The SMILES string of the molecule is Nc1cc(I)ccc1N1CCN(c2nccs2)CC1. The largest absolute Gasteiger partial charge is 0.397 e. The van der Waals surface area contributed by atoms with Crippen molar-refractivity contribution in [3.8, 4) is 0 Å². The van der Waals surface area contributed by atoms with Crippen molar-refractivity contribution in [1.82, 2.24) is 4.98 Å². The fourth-order valence-electron chi connectivity index (χ4n) is 2.32. The van der Waals surface area contributed by atoms with Crippen LogP contribution in [0.5, 0.6) is 0 Å². The number of piperazine rings is 1. The molecule has 6 heteroatoms. The van der Waals surface area contributed by atoms with E-state index < -0.39 is 0 Å². The molecule has 0 bridgehead atoms. The Morgan fingerprint density at radius 1 is 1.16 bits per heavy atom. The second kappa shape index (κ2) is 5.54. The smallest absolute Gasteiger partial charge is 0.185 e. The molecule has 100 valence electrons. The Morgan fingerprint density at radius 3 is 2.53 bits per heavy atom. The molecule has 1 aliphatic rings. The summed E-state index contributed by atoms with van der Waals surface area (Å²) in [6, 6.07) is 6.26. The summed E-state index contributed by atoms with van der Waals surface area (Å²) in [7, 11) is 0. The zero-order valence-electron chi connectivity index (χ0n) is 10.4. The predicted molar refractivity (Wildman–Crippen MR) is 90.1 cm³/mol. The normalized spacial score (nSPS) is 15.8. The first kappa shape index (κ1) is 13.0. The molecule has 2 heterocycles. The van der Waals surface area contributed by atoms with Crippen LogP contribution in [0.15, 0.2) is 29.8 Å². The van der Waals surface area contributed by atoms with E-state index in [4.69, 9.17) is 5.73 Å². The molecule has 0 unspecified atom stereocenters. The lowest BCUT2D eigenvalue weighted by molar-refractivity contribution is 0.652. The number of anilines is 3. The van der Waals surface area contributed by atoms with Crippen molar-refractivity contribution in [1.29, 1.82) is 0 Å². The standard InChI is InChI=1S/C13H15IN4S/c14-10-1-2-12(11(15)9-10)17-4-6-18(7-5-17)13-16-3-8-19-13/h1-3,8-9H,4-7,15H2. The van der Waals surface area contributed by atoms with E-state index >= 15 is 0 Å². The Bertz CT molecular complexity index is 550. The number of nitrogens with two attached hydrogens (primary N) is 1. The van der Waals surface area contributed by atoms with Gasteiger partial charge < -0.3 is 15.5 Å². The van der Waals surface area contributed by atoms with E-state index in [1.54, 1.807) is 11.3 Å². The second-order valence-electron chi connectivity index (χ2n) is 4.49. The number of hydrogen-bond donors (Lipinski definition) is 1. The van der Waals surface area contributed by atoms with Crippen LogP contribution >= 0.6 is 33.9 Å². The number of aromatic nitrogens is 1. The van der Waals surface area contributed by atoms with Gasteiger partial charge >= 0.3 is 0 Å². The molecule has 0 saturated carbocycles. The van der Waals surface area contributed by atoms with Gasteiger partial charge in [-0.15, -0.1) is 11.3 Å². The maximum Gasteiger partial charge on any atom is 0.185 e. The lowest BCUT2D eigenvalue weighted by Crippen LogP contribution is -2.46. The summed E-state index contributed by atoms with van der Waals surface area (Å²) in [5, 5.41) is 3.15. The highest BCUT2D eigenvalue weighted by atomic mass is 127. The summed E-state index contributed by atoms with van der Waals surface area (Å²) in [4.78, 5) is 9.06. The van der Waals surface area contributed by atoms with Crippen LogP contribution in [0.25, 0.3) is 0 Å². The first-order valence-corrected chi connectivity index (χ1v) is 8.14. The van der Waals surface area contributed by atoms with Gasteiger partial charge in [-0.3, -0.25) is 0 Å². The van der Waals surface area contributed by atoms with Crippen LogP contribution in [0, 0.1) is 3.57 Å². The molecule has 3 rings (SSSR count). The lowest BCUT2D eigenvalue weighted by Gasteiger charge is -2.36. The molecule has 1 aromatic heterocycles. The van der Waals surface area contributed by atoms with Crippen LogP contribution in [0.4, 0.5) is 16.5 Å². The van der Waals surface area contributed by atoms with Gasteiger partial charge in [-0.25, -0.2) is 4.98 Å². The van der Waals surface area contributed by atoms with E-state index in [2.05, 4.69) is 49.5 Å². The van der Waals surface area contributed by atoms with E-state index in [1.165, 1.54) is 3.57 Å². The highest BCUT2D eigenvalue weighted by Gasteiger charge is 2.20. The number of hydrogen-bond acceptors (Lipinski definition) is 5. The minimum Gasteiger partial charge on any atom is -0.397 e. The molecule has 0 spiro atoms. The Kier molecular flexibility index (Phi) is 3.79. The van der Waals surface area contributed by atoms with Gasteiger partial charge in [0.2, 0.25) is 0 Å². The number of thiazole rings is 1. The third-order valence-electron chi connectivity index (χ3n) is 3.30. The van der Waals surface area contributed by atoms with Crippen LogP contribution < -0.4 is 15.5 Å². The molecule has 0 radical (unpaired) electrons. The topological polar surface area (TPSA) is 45.4 Å². The summed E-state index contributed by atoms with van der Waals surface area (Å²) in [6.45, 7) is 3.98. The minimum atomic E-state index is 0.870. The number of halogens is 1. The summed E-state index contributed by atoms with van der Waals surface area (Å²) >= 11 is 3.99. The fourth-order valence-corrected chi connectivity index (χ4v) is 3.54. The van der Waals surface area contributed by atoms with Crippen LogP contribution in [0.3, 0.4) is 0 Å². The van der Waals surface area contributed by atoms with Gasteiger partial charge in [0.25, 0.3) is 0 Å². The molecule has 19 heavy (non-hydrogen) atoms. The van der Waals surface area contributed by atoms with E-state index in [1.807, 2.05) is 17.6 Å². The zero-order chi connectivity index (χ0) is 13.2. The van der Waals surface area contributed by atoms with Crippen LogP contribution in [-0.4, -0.2) is 31.2 Å². The van der Waals surface area contributed by atoms with Crippen LogP contribution in [-0.2, 0) is 0 Å². The van der Waals surface area contributed by atoms with Gasteiger partial charge in [-0.2, -0.15) is 0 Å². The molecule has 0 aliphatic carbocycles. The highest BCUT2D eigenvalue weighted by Crippen LogP contribution is 2.27. The van der Waals surface area contributed by atoms with Gasteiger partial charge in [-0.05, 0) is 40.8 Å². The molecule has 1 fully saturated rings. The Balaban J connectivity index is 1.70. The van der Waals surface area contributed by atoms with Crippen molar-refractivity contribution in [3.05, 3.63) is 33.3 Å². The first-order chi connectivity index (χ1) is 9.24. The molecule has 0 amide bonds. The molecular weight excluding hydrogens is 371 g/mol. The average molecular weight is 386 g/mol. The quantitative estimate of drug-likeness (QED) is 0.637. The fraction of sp³-hybridized carbons (Fsp3) is 0.308. The average Bonchev–Trinajstić information content (AvgIpc) is 2.93. The van der Waals surface area contributed by atoms with Crippen LogP contribution in [0.1, 0.15) is 0 Å². The van der Waals surface area contributed by atoms with E-state index in [-0.39, 0.29) is 0 Å². The van der Waals surface area contributed by atoms with Gasteiger partial charge in [-0.1, -0.05) is 0 Å². The number of nitrogens with zero attached hydrogens (tertiary/aromatic N) is 3. The van der Waals surface area contributed by atoms with Crippen molar-refractivity contribution in [2.45, 2.75) is 0 Å². The molecule has 0 atom stereocenters. The third kappa shape index (κ3) is 2.79. The first-order valence-electron chi connectivity index (χ1n) is 6.18. The Labute approximate surface area is 130 Å². The molecule has 2 aromatic rings. The van der Waals surface area contributed by atoms with Crippen molar-refractivity contribution < 1.29 is 0 Å². The maximum atomic E-state index is 6.11. The Hall–Kier alpha value is -1.02. The van der Waals surface area contributed by atoms with E-state index in [0.29, 0.717) is 0 Å². The maximum absolute atomic E-state index is 6.11. The second-order valence-corrected chi connectivity index (χ2v) is 6.61. The molecular formula is C13H15IN4S. The number of rotatable bonds is 2. The van der Waals surface area contributed by atoms with E-state index in [9.17, 15) is 0 Å². The third-order valence-corrected chi connectivity index (χ3v) is 4.80. The molecule has 1 saturated heterocycles. The summed E-state index contributed by atoms with van der Waals surface area (Å²) in [6.07, 6.45) is 1.86. The van der Waals surface area contributed by atoms with Gasteiger partial charge in [0.05, 0.1) is 11.4 Å². The van der Waals surface area contributed by atoms with Crippen molar-refractivity contribution in [3.63, 3.8) is 0 Å². The van der Waals surface area contributed by atoms with Gasteiger partial charge in [0, 0.05) is 41.3 Å². The van der Waals surface area contributed by atoms with Crippen molar-refractivity contribution >= 4 is 50.4 Å². The lowest BCUT2D eigenvalue weighted by atomic mass is 10.2. The summed E-state index contributed by atoms with van der Waals surface area (Å²) < 4.78 is 1.18. The summed E-state index contributed by atoms with van der Waals surface area (Å²) in [5.41, 5.74) is 8.13. The number of benzene rings is 1. The molecule has 2 N–H and O–H groups in total.